The molecule has 110 valence electrons. The molecule has 0 fully saturated rings. The summed E-state index contributed by atoms with van der Waals surface area (Å²) in [5.41, 5.74) is 0.717. The molecule has 0 spiro atoms. The van der Waals surface area contributed by atoms with E-state index in [1.54, 1.807) is 6.07 Å². The van der Waals surface area contributed by atoms with Crippen molar-refractivity contribution in [3.63, 3.8) is 0 Å². The molecule has 0 unspecified atom stereocenters. The number of pyridine rings is 1. The molecule has 0 saturated carbocycles. The SMILES string of the molecule is CC[n+]1cc(Br)cc(-c2nn3c(C(F)(F)F)nnc3s2)c1. The van der Waals surface area contributed by atoms with Crippen LogP contribution in [0.1, 0.15) is 12.7 Å². The van der Waals surface area contributed by atoms with E-state index >= 15 is 0 Å². The molecule has 3 heterocycles. The fourth-order valence-electron chi connectivity index (χ4n) is 1.81. The van der Waals surface area contributed by atoms with Crippen LogP contribution < -0.4 is 4.57 Å². The lowest BCUT2D eigenvalue weighted by molar-refractivity contribution is -0.693. The number of aromatic nitrogens is 5. The Morgan fingerprint density at radius 1 is 1.33 bits per heavy atom. The smallest absolute Gasteiger partial charge is 0.204 e. The monoisotopic (exact) mass is 378 g/mol. The van der Waals surface area contributed by atoms with Gasteiger partial charge >= 0.3 is 6.18 Å². The predicted molar refractivity (Wildman–Crippen MR) is 72.7 cm³/mol. The van der Waals surface area contributed by atoms with Crippen LogP contribution in [0.2, 0.25) is 0 Å². The Labute approximate surface area is 129 Å². The third-order valence-electron chi connectivity index (χ3n) is 2.74. The highest BCUT2D eigenvalue weighted by Crippen LogP contribution is 2.31. The van der Waals surface area contributed by atoms with Crippen LogP contribution in [-0.4, -0.2) is 19.8 Å². The third kappa shape index (κ3) is 2.64. The fraction of sp³-hybridized carbons (Fsp3) is 0.273. The molecule has 3 rings (SSSR count). The zero-order valence-corrected chi connectivity index (χ0v) is 13.0. The molecule has 0 N–H and O–H groups in total. The van der Waals surface area contributed by atoms with Crippen LogP contribution in [0, 0.1) is 0 Å². The maximum Gasteiger partial charge on any atom is 0.453 e. The molecule has 3 aromatic rings. The fourth-order valence-corrected chi connectivity index (χ4v) is 3.14. The van der Waals surface area contributed by atoms with Crippen molar-refractivity contribution in [2.45, 2.75) is 19.6 Å². The highest BCUT2D eigenvalue weighted by molar-refractivity contribution is 9.10. The largest absolute Gasteiger partial charge is 0.453 e. The van der Waals surface area contributed by atoms with Gasteiger partial charge in [-0.2, -0.15) is 22.8 Å². The van der Waals surface area contributed by atoms with E-state index in [0.29, 0.717) is 5.01 Å². The van der Waals surface area contributed by atoms with Crippen molar-refractivity contribution in [1.82, 2.24) is 19.8 Å². The van der Waals surface area contributed by atoms with Crippen molar-refractivity contribution in [3.05, 3.63) is 28.8 Å². The molecule has 0 amide bonds. The first-order valence-corrected chi connectivity index (χ1v) is 7.49. The Bertz CT molecular complexity index is 810. The summed E-state index contributed by atoms with van der Waals surface area (Å²) in [6, 6.07) is 1.80. The summed E-state index contributed by atoms with van der Waals surface area (Å²) in [6.45, 7) is 2.71. The van der Waals surface area contributed by atoms with E-state index in [9.17, 15) is 13.2 Å². The Kier molecular flexibility index (Phi) is 3.44. The first kappa shape index (κ1) is 14.4. The zero-order chi connectivity index (χ0) is 15.2. The molecule has 5 nitrogen and oxygen atoms in total. The molecule has 3 aromatic heterocycles. The number of alkyl halides is 3. The van der Waals surface area contributed by atoms with Gasteiger partial charge in [-0.25, -0.2) is 4.57 Å². The highest BCUT2D eigenvalue weighted by Gasteiger charge is 2.38. The van der Waals surface area contributed by atoms with E-state index in [0.717, 1.165) is 32.4 Å². The minimum Gasteiger partial charge on any atom is -0.204 e. The van der Waals surface area contributed by atoms with Crippen LogP contribution in [0.25, 0.3) is 15.5 Å². The molecule has 0 aliphatic heterocycles. The second kappa shape index (κ2) is 5.02. The van der Waals surface area contributed by atoms with Gasteiger partial charge in [0.05, 0.1) is 10.0 Å². The molecule has 0 aliphatic rings. The molecule has 10 heteroatoms. The summed E-state index contributed by atoms with van der Waals surface area (Å²) >= 11 is 4.43. The van der Waals surface area contributed by atoms with Crippen molar-refractivity contribution in [2.24, 2.45) is 0 Å². The van der Waals surface area contributed by atoms with E-state index in [2.05, 4.69) is 31.2 Å². The standard InChI is InChI=1S/C11H8BrF3N5S/c1-2-19-4-6(3-7(12)5-19)8-18-20-9(11(13,14)15)16-17-10(20)21-8/h3-5H,2H2,1H3/q+1. The normalized spacial score (nSPS) is 12.2. The average molecular weight is 379 g/mol. The third-order valence-corrected chi connectivity index (χ3v) is 4.13. The summed E-state index contributed by atoms with van der Waals surface area (Å²) in [5.74, 6) is -1.11. The number of fused-ring (bicyclic) bond motifs is 1. The van der Waals surface area contributed by atoms with Gasteiger partial charge in [-0.15, -0.1) is 10.2 Å². The van der Waals surface area contributed by atoms with Crippen LogP contribution in [0.3, 0.4) is 0 Å². The van der Waals surface area contributed by atoms with Gasteiger partial charge in [0.25, 0.3) is 5.82 Å². The maximum absolute atomic E-state index is 12.8. The number of halogens is 4. The molecule has 0 aliphatic carbocycles. The average Bonchev–Trinajstić information content (AvgIpc) is 2.95. The van der Waals surface area contributed by atoms with E-state index in [4.69, 9.17) is 0 Å². The molecular weight excluding hydrogens is 371 g/mol. The number of rotatable bonds is 2. The lowest BCUT2D eigenvalue weighted by atomic mass is 10.3. The Morgan fingerprint density at radius 3 is 2.76 bits per heavy atom. The number of hydrogen-bond donors (Lipinski definition) is 0. The summed E-state index contributed by atoms with van der Waals surface area (Å²) in [7, 11) is 0. The van der Waals surface area contributed by atoms with Gasteiger partial charge in [-0.05, 0) is 28.9 Å². The molecule has 0 bridgehead atoms. The van der Waals surface area contributed by atoms with Crippen molar-refractivity contribution in [1.29, 1.82) is 0 Å². The van der Waals surface area contributed by atoms with Crippen molar-refractivity contribution in [2.75, 3.05) is 0 Å². The Morgan fingerprint density at radius 2 is 2.10 bits per heavy atom. The van der Waals surface area contributed by atoms with E-state index < -0.39 is 12.0 Å². The molecular formula is C11H8BrF3N5S+. The number of hydrogen-bond acceptors (Lipinski definition) is 4. The van der Waals surface area contributed by atoms with Crippen LogP contribution in [0.15, 0.2) is 22.9 Å². The van der Waals surface area contributed by atoms with E-state index in [-0.39, 0.29) is 4.96 Å². The molecule has 0 atom stereocenters. The molecule has 0 saturated heterocycles. The topological polar surface area (TPSA) is 47.0 Å². The van der Waals surface area contributed by atoms with Crippen LogP contribution in [0.5, 0.6) is 0 Å². The van der Waals surface area contributed by atoms with Crippen LogP contribution in [0.4, 0.5) is 13.2 Å². The summed E-state index contributed by atoms with van der Waals surface area (Å²) in [5, 5.41) is 11.1. The maximum atomic E-state index is 12.8. The van der Waals surface area contributed by atoms with Gasteiger partial charge in [0, 0.05) is 0 Å². The van der Waals surface area contributed by atoms with Gasteiger partial charge in [0.2, 0.25) is 4.96 Å². The van der Waals surface area contributed by atoms with Gasteiger partial charge < -0.3 is 0 Å². The van der Waals surface area contributed by atoms with Gasteiger partial charge in [0.1, 0.15) is 6.54 Å². The molecule has 21 heavy (non-hydrogen) atoms. The number of aryl methyl sites for hydroxylation is 1. The minimum absolute atomic E-state index is 0.111. The quantitative estimate of drug-likeness (QED) is 0.644. The second-order valence-electron chi connectivity index (χ2n) is 4.20. The van der Waals surface area contributed by atoms with Crippen LogP contribution >= 0.6 is 27.3 Å². The summed E-state index contributed by atoms with van der Waals surface area (Å²) in [4.78, 5) is 0.111. The molecule has 0 radical (unpaired) electrons. The van der Waals surface area contributed by atoms with Gasteiger partial charge in [-0.3, -0.25) is 0 Å². The Hall–Kier alpha value is -1.55. The van der Waals surface area contributed by atoms with Crippen molar-refractivity contribution in [3.8, 4) is 10.6 Å². The first-order valence-electron chi connectivity index (χ1n) is 5.88. The highest BCUT2D eigenvalue weighted by atomic mass is 79.9. The summed E-state index contributed by atoms with van der Waals surface area (Å²) < 4.78 is 41.8. The van der Waals surface area contributed by atoms with E-state index in [1.165, 1.54) is 0 Å². The lowest BCUT2D eigenvalue weighted by Gasteiger charge is -2.00. The van der Waals surface area contributed by atoms with Crippen molar-refractivity contribution < 1.29 is 17.7 Å². The predicted octanol–water partition coefficient (Wildman–Crippen LogP) is 2.94. The second-order valence-corrected chi connectivity index (χ2v) is 6.07. The summed E-state index contributed by atoms with van der Waals surface area (Å²) in [6.07, 6.45) is -0.875. The lowest BCUT2D eigenvalue weighted by Crippen LogP contribution is -2.31. The van der Waals surface area contributed by atoms with Crippen molar-refractivity contribution >= 4 is 32.2 Å². The zero-order valence-electron chi connectivity index (χ0n) is 10.6. The first-order chi connectivity index (χ1) is 9.88. The molecule has 0 aromatic carbocycles. The number of nitrogens with zero attached hydrogens (tertiary/aromatic N) is 5. The van der Waals surface area contributed by atoms with E-state index in [1.807, 2.05) is 23.9 Å². The van der Waals surface area contributed by atoms with Gasteiger partial charge in [0.15, 0.2) is 17.4 Å². The van der Waals surface area contributed by atoms with Crippen LogP contribution in [-0.2, 0) is 12.7 Å². The minimum atomic E-state index is -4.58. The Balaban J connectivity index is 2.14. The van der Waals surface area contributed by atoms with Gasteiger partial charge in [-0.1, -0.05) is 11.3 Å².